The maximum Gasteiger partial charge on any atom is 0.432 e. The number of rotatable bonds is 6. The Balaban J connectivity index is 1.82. The molecule has 2 aromatic heterocycles. The molecule has 2 N–H and O–H groups in total. The highest BCUT2D eigenvalue weighted by atomic mass is 19.4. The molecule has 3 aromatic rings. The third-order valence-electron chi connectivity index (χ3n) is 4.65. The Labute approximate surface area is 174 Å². The number of carboxylic acids is 1. The van der Waals surface area contributed by atoms with E-state index in [-0.39, 0.29) is 18.3 Å². The van der Waals surface area contributed by atoms with Gasteiger partial charge in [0.15, 0.2) is 5.82 Å². The van der Waals surface area contributed by atoms with Crippen molar-refractivity contribution in [1.29, 1.82) is 0 Å². The molecule has 0 atom stereocenters. The minimum absolute atomic E-state index is 0.0745. The fourth-order valence-electron chi connectivity index (χ4n) is 2.71. The lowest BCUT2D eigenvalue weighted by atomic mass is 9.95. The van der Waals surface area contributed by atoms with Gasteiger partial charge in [-0.2, -0.15) is 13.2 Å². The Kier molecular flexibility index (Phi) is 5.75. The summed E-state index contributed by atoms with van der Waals surface area (Å²) < 4.78 is 58.0. The number of aromatic amines is 1. The van der Waals surface area contributed by atoms with Crippen LogP contribution in [0, 0.1) is 18.2 Å². The molecule has 6 nitrogen and oxygen atoms in total. The van der Waals surface area contributed by atoms with Gasteiger partial charge in [0.1, 0.15) is 18.1 Å². The van der Waals surface area contributed by atoms with Crippen LogP contribution in [0.5, 0.6) is 5.88 Å². The van der Waals surface area contributed by atoms with E-state index in [1.807, 2.05) is 0 Å². The van der Waals surface area contributed by atoms with Crippen LogP contribution in [0.15, 0.2) is 36.7 Å². The molecule has 3 rings (SSSR count). The Bertz CT molecular complexity index is 1120. The summed E-state index contributed by atoms with van der Waals surface area (Å²) in [5.74, 6) is -2.09. The molecule has 0 unspecified atom stereocenters. The lowest BCUT2D eigenvalue weighted by molar-refractivity contribution is -0.148. The van der Waals surface area contributed by atoms with Crippen LogP contribution < -0.4 is 4.74 Å². The Hall–Kier alpha value is -3.43. The summed E-state index contributed by atoms with van der Waals surface area (Å²) in [6.07, 6.45) is -2.42. The van der Waals surface area contributed by atoms with Crippen molar-refractivity contribution in [3.8, 4) is 28.4 Å². The van der Waals surface area contributed by atoms with E-state index in [2.05, 4.69) is 15.0 Å². The number of nitrogens with one attached hydrogen (secondary N) is 1. The van der Waals surface area contributed by atoms with Gasteiger partial charge >= 0.3 is 12.1 Å². The zero-order valence-electron chi connectivity index (χ0n) is 16.8. The number of carboxylic acid groups (broad SMARTS) is 1. The van der Waals surface area contributed by atoms with Gasteiger partial charge in [-0.25, -0.2) is 14.4 Å². The lowest BCUT2D eigenvalue weighted by Crippen LogP contribution is -2.31. The molecule has 1 aromatic carbocycles. The van der Waals surface area contributed by atoms with Crippen molar-refractivity contribution in [2.75, 3.05) is 6.61 Å². The standard InChI is InChI=1S/C21H19F4N3O3/c1-11-6-12(4-5-14(11)17-26-9-16(28-17)21(23,24)25)13-7-15(22)18(27-8-13)31-10-20(2,3)19(29)30/h4-9H,10H2,1-3H3,(H,26,28)(H,29,30). The largest absolute Gasteiger partial charge is 0.481 e. The minimum Gasteiger partial charge on any atom is -0.481 e. The Morgan fingerprint density at radius 1 is 1.13 bits per heavy atom. The summed E-state index contributed by atoms with van der Waals surface area (Å²) in [5, 5.41) is 9.10. The molecular weight excluding hydrogens is 418 g/mol. The predicted molar refractivity (Wildman–Crippen MR) is 104 cm³/mol. The summed E-state index contributed by atoms with van der Waals surface area (Å²) in [6.45, 7) is 4.33. The monoisotopic (exact) mass is 437 g/mol. The molecule has 0 bridgehead atoms. The number of hydrogen-bond donors (Lipinski definition) is 2. The van der Waals surface area contributed by atoms with Crippen molar-refractivity contribution in [1.82, 2.24) is 15.0 Å². The third-order valence-corrected chi connectivity index (χ3v) is 4.65. The van der Waals surface area contributed by atoms with Gasteiger partial charge in [-0.15, -0.1) is 0 Å². The molecule has 31 heavy (non-hydrogen) atoms. The molecule has 0 amide bonds. The van der Waals surface area contributed by atoms with Gasteiger partial charge in [0, 0.05) is 17.3 Å². The average Bonchev–Trinajstić information content (AvgIpc) is 3.17. The minimum atomic E-state index is -4.52. The van der Waals surface area contributed by atoms with E-state index >= 15 is 0 Å². The molecule has 0 spiro atoms. The van der Waals surface area contributed by atoms with Crippen LogP contribution in [-0.2, 0) is 11.0 Å². The number of aromatic nitrogens is 3. The number of aliphatic carboxylic acids is 1. The fraction of sp³-hybridized carbons (Fsp3) is 0.286. The number of aryl methyl sites for hydroxylation is 1. The maximum absolute atomic E-state index is 14.4. The third kappa shape index (κ3) is 4.84. The number of hydrogen-bond acceptors (Lipinski definition) is 4. The Morgan fingerprint density at radius 3 is 2.39 bits per heavy atom. The van der Waals surface area contributed by atoms with E-state index in [1.165, 1.54) is 26.1 Å². The number of H-pyrrole nitrogens is 1. The zero-order valence-corrected chi connectivity index (χ0v) is 16.8. The zero-order chi connectivity index (χ0) is 23.0. The molecule has 0 aliphatic carbocycles. The van der Waals surface area contributed by atoms with Crippen molar-refractivity contribution >= 4 is 5.97 Å². The number of ether oxygens (including phenoxy) is 1. The first-order valence-electron chi connectivity index (χ1n) is 9.14. The van der Waals surface area contributed by atoms with Gasteiger partial charge in [0.2, 0.25) is 5.88 Å². The van der Waals surface area contributed by atoms with Crippen molar-refractivity contribution in [3.63, 3.8) is 0 Å². The Morgan fingerprint density at radius 2 is 1.84 bits per heavy atom. The number of benzene rings is 1. The molecule has 0 radical (unpaired) electrons. The van der Waals surface area contributed by atoms with Gasteiger partial charge < -0.3 is 14.8 Å². The van der Waals surface area contributed by atoms with E-state index in [4.69, 9.17) is 9.84 Å². The van der Waals surface area contributed by atoms with Gasteiger partial charge in [-0.1, -0.05) is 18.2 Å². The van der Waals surface area contributed by atoms with E-state index in [1.54, 1.807) is 25.1 Å². The average molecular weight is 437 g/mol. The smallest absolute Gasteiger partial charge is 0.432 e. The molecule has 0 saturated carbocycles. The highest BCUT2D eigenvalue weighted by Gasteiger charge is 2.33. The second-order valence-electron chi connectivity index (χ2n) is 7.66. The van der Waals surface area contributed by atoms with Gasteiger partial charge in [-0.05, 0) is 38.0 Å². The van der Waals surface area contributed by atoms with Crippen LogP contribution in [0.2, 0.25) is 0 Å². The molecule has 0 saturated heterocycles. The summed E-state index contributed by atoms with van der Waals surface area (Å²) in [5.41, 5.74) is -0.0376. The SMILES string of the molecule is Cc1cc(-c2cnc(OCC(C)(C)C(=O)O)c(F)c2)ccc1-c1ncc(C(F)(F)F)[nH]1. The first kappa shape index (κ1) is 22.3. The topological polar surface area (TPSA) is 88.1 Å². The summed E-state index contributed by atoms with van der Waals surface area (Å²) in [4.78, 5) is 21.1. The van der Waals surface area contributed by atoms with E-state index in [9.17, 15) is 22.4 Å². The molecular formula is C21H19F4N3O3. The quantitative estimate of drug-likeness (QED) is 0.524. The van der Waals surface area contributed by atoms with Crippen molar-refractivity contribution in [3.05, 3.63) is 53.7 Å². The molecule has 0 aliphatic heterocycles. The number of halogens is 4. The van der Waals surface area contributed by atoms with Crippen LogP contribution in [0.3, 0.4) is 0 Å². The van der Waals surface area contributed by atoms with Gasteiger partial charge in [-0.3, -0.25) is 4.79 Å². The first-order chi connectivity index (χ1) is 14.4. The van der Waals surface area contributed by atoms with Crippen molar-refractivity contribution < 1.29 is 32.2 Å². The molecule has 2 heterocycles. The van der Waals surface area contributed by atoms with Crippen molar-refractivity contribution in [2.45, 2.75) is 26.9 Å². The van der Waals surface area contributed by atoms with Gasteiger partial charge in [0.25, 0.3) is 0 Å². The highest BCUT2D eigenvalue weighted by molar-refractivity contribution is 5.74. The van der Waals surface area contributed by atoms with Crippen LogP contribution in [-0.4, -0.2) is 32.6 Å². The first-order valence-corrected chi connectivity index (χ1v) is 9.14. The number of carbonyl (C=O) groups is 1. The number of imidazole rings is 1. The highest BCUT2D eigenvalue weighted by Crippen LogP contribution is 2.32. The fourth-order valence-corrected chi connectivity index (χ4v) is 2.71. The van der Waals surface area contributed by atoms with Crippen LogP contribution in [0.1, 0.15) is 25.1 Å². The van der Waals surface area contributed by atoms with Crippen LogP contribution in [0.25, 0.3) is 22.5 Å². The van der Waals surface area contributed by atoms with Crippen LogP contribution >= 0.6 is 0 Å². The molecule has 0 fully saturated rings. The lowest BCUT2D eigenvalue weighted by Gasteiger charge is -2.19. The number of pyridine rings is 1. The molecule has 10 heteroatoms. The van der Waals surface area contributed by atoms with Crippen molar-refractivity contribution in [2.24, 2.45) is 5.41 Å². The van der Waals surface area contributed by atoms with Gasteiger partial charge in [0.05, 0.1) is 11.6 Å². The number of nitrogens with zero attached hydrogens (tertiary/aromatic N) is 2. The second kappa shape index (κ2) is 8.01. The molecule has 0 aliphatic rings. The predicted octanol–water partition coefficient (Wildman–Crippen LogP) is 5.09. The summed E-state index contributed by atoms with van der Waals surface area (Å²) in [6, 6.07) is 6.07. The van der Waals surface area contributed by atoms with E-state index < -0.39 is 29.1 Å². The van der Waals surface area contributed by atoms with E-state index in [0.717, 1.165) is 6.20 Å². The summed E-state index contributed by atoms with van der Waals surface area (Å²) in [7, 11) is 0. The van der Waals surface area contributed by atoms with Crippen LogP contribution in [0.4, 0.5) is 17.6 Å². The summed E-state index contributed by atoms with van der Waals surface area (Å²) >= 11 is 0. The number of alkyl halides is 3. The molecule has 164 valence electrons. The normalized spacial score (nSPS) is 12.1. The second-order valence-corrected chi connectivity index (χ2v) is 7.66. The maximum atomic E-state index is 14.4. The van der Waals surface area contributed by atoms with E-state index in [0.29, 0.717) is 22.3 Å².